The summed E-state index contributed by atoms with van der Waals surface area (Å²) in [5.74, 6) is 3.94. The molecule has 0 unspecified atom stereocenters. The van der Waals surface area contributed by atoms with Crippen LogP contribution in [-0.2, 0) is 11.2 Å². The highest BCUT2D eigenvalue weighted by Crippen LogP contribution is 2.39. The van der Waals surface area contributed by atoms with Gasteiger partial charge < -0.3 is 24.0 Å². The van der Waals surface area contributed by atoms with Gasteiger partial charge in [0.05, 0.1) is 26.2 Å². The zero-order chi connectivity index (χ0) is 24.2. The average Bonchev–Trinajstić information content (AvgIpc) is 3.23. The van der Waals surface area contributed by atoms with E-state index in [2.05, 4.69) is 4.90 Å². The van der Waals surface area contributed by atoms with Crippen molar-refractivity contribution in [3.05, 3.63) is 77.9 Å². The molecule has 35 heavy (non-hydrogen) atoms. The molecule has 3 aromatic rings. The largest absolute Gasteiger partial charge is 0.497 e. The molecule has 0 N–H and O–H groups in total. The van der Waals surface area contributed by atoms with E-state index in [0.717, 1.165) is 53.7 Å². The fourth-order valence-corrected chi connectivity index (χ4v) is 4.48. The third-order valence-electron chi connectivity index (χ3n) is 6.40. The summed E-state index contributed by atoms with van der Waals surface area (Å²) in [6.45, 7) is 2.86. The Balaban J connectivity index is 1.36. The highest BCUT2D eigenvalue weighted by molar-refractivity contribution is 6.04. The number of aliphatic imine (C=N–C) groups is 1. The van der Waals surface area contributed by atoms with Crippen LogP contribution in [0.25, 0.3) is 0 Å². The SMILES string of the molecule is COc1ccc(CC(=O)N2CCCN(C3=Nc4ccccc4Oc4cc(OC)ccc43)CC2)cc1. The molecule has 2 aliphatic heterocycles. The molecule has 0 spiro atoms. The number of carbonyl (C=O) groups excluding carboxylic acids is 1. The summed E-state index contributed by atoms with van der Waals surface area (Å²) in [7, 11) is 3.29. The van der Waals surface area contributed by atoms with Crippen molar-refractivity contribution in [2.75, 3.05) is 40.4 Å². The number of hydrogen-bond acceptors (Lipinski definition) is 6. The van der Waals surface area contributed by atoms with E-state index in [4.69, 9.17) is 19.2 Å². The second-order valence-corrected chi connectivity index (χ2v) is 8.61. The maximum Gasteiger partial charge on any atom is 0.227 e. The Bertz CT molecular complexity index is 1240. The predicted octanol–water partition coefficient (Wildman–Crippen LogP) is 4.66. The highest BCUT2D eigenvalue weighted by Gasteiger charge is 2.26. The molecule has 1 saturated heterocycles. The zero-order valence-corrected chi connectivity index (χ0v) is 20.1. The van der Waals surface area contributed by atoms with Gasteiger partial charge in [-0.15, -0.1) is 0 Å². The van der Waals surface area contributed by atoms with Crippen molar-refractivity contribution in [2.45, 2.75) is 12.8 Å². The Morgan fingerprint density at radius 2 is 1.66 bits per heavy atom. The van der Waals surface area contributed by atoms with Crippen LogP contribution in [-0.4, -0.2) is 61.9 Å². The molecular weight excluding hydrogens is 442 g/mol. The number of nitrogens with zero attached hydrogens (tertiary/aromatic N) is 3. The van der Waals surface area contributed by atoms with Crippen LogP contribution >= 0.6 is 0 Å². The molecule has 0 bridgehead atoms. The lowest BCUT2D eigenvalue weighted by molar-refractivity contribution is -0.130. The summed E-state index contributed by atoms with van der Waals surface area (Å²) in [4.78, 5) is 22.3. The smallest absolute Gasteiger partial charge is 0.227 e. The molecule has 0 radical (unpaired) electrons. The van der Waals surface area contributed by atoms with Crippen LogP contribution in [0.1, 0.15) is 17.5 Å². The lowest BCUT2D eigenvalue weighted by atomic mass is 10.1. The van der Waals surface area contributed by atoms with Crippen molar-refractivity contribution >= 4 is 17.4 Å². The molecule has 7 nitrogen and oxygen atoms in total. The summed E-state index contributed by atoms with van der Waals surface area (Å²) in [6, 6.07) is 21.3. The zero-order valence-electron chi connectivity index (χ0n) is 20.1. The van der Waals surface area contributed by atoms with Gasteiger partial charge in [-0.1, -0.05) is 24.3 Å². The number of para-hydroxylation sites is 2. The Morgan fingerprint density at radius 1 is 0.886 bits per heavy atom. The third kappa shape index (κ3) is 4.94. The van der Waals surface area contributed by atoms with Gasteiger partial charge in [-0.2, -0.15) is 0 Å². The van der Waals surface area contributed by atoms with Gasteiger partial charge in [0, 0.05) is 32.2 Å². The number of rotatable bonds is 4. The van der Waals surface area contributed by atoms with Crippen molar-refractivity contribution < 1.29 is 19.0 Å². The van der Waals surface area contributed by atoms with Crippen LogP contribution in [0.15, 0.2) is 71.7 Å². The van der Waals surface area contributed by atoms with E-state index in [0.29, 0.717) is 31.0 Å². The summed E-state index contributed by atoms with van der Waals surface area (Å²) in [5.41, 5.74) is 2.69. The molecule has 5 rings (SSSR count). The predicted molar refractivity (Wildman–Crippen MR) is 135 cm³/mol. The number of amidine groups is 1. The van der Waals surface area contributed by atoms with Crippen LogP contribution in [0.2, 0.25) is 0 Å². The molecule has 2 heterocycles. The quantitative estimate of drug-likeness (QED) is 0.554. The van der Waals surface area contributed by atoms with Gasteiger partial charge in [0.15, 0.2) is 5.75 Å². The van der Waals surface area contributed by atoms with Gasteiger partial charge in [-0.3, -0.25) is 4.79 Å². The average molecular weight is 472 g/mol. The van der Waals surface area contributed by atoms with E-state index in [9.17, 15) is 4.79 Å². The van der Waals surface area contributed by atoms with E-state index >= 15 is 0 Å². The molecule has 0 aromatic heterocycles. The Hall–Kier alpha value is -4.00. The van der Waals surface area contributed by atoms with Gasteiger partial charge in [0.2, 0.25) is 5.91 Å². The molecular formula is C28H29N3O4. The topological polar surface area (TPSA) is 63.6 Å². The Kier molecular flexibility index (Phi) is 6.57. The Morgan fingerprint density at radius 3 is 2.46 bits per heavy atom. The lowest BCUT2D eigenvalue weighted by Crippen LogP contribution is -2.38. The first kappa shape index (κ1) is 22.8. The molecule has 7 heteroatoms. The van der Waals surface area contributed by atoms with Gasteiger partial charge in [0.1, 0.15) is 28.8 Å². The molecule has 0 saturated carbocycles. The van der Waals surface area contributed by atoms with Gasteiger partial charge in [0.25, 0.3) is 0 Å². The number of amides is 1. The van der Waals surface area contributed by atoms with Crippen LogP contribution in [0.5, 0.6) is 23.0 Å². The summed E-state index contributed by atoms with van der Waals surface area (Å²) in [5, 5.41) is 0. The maximum atomic E-state index is 13.1. The molecule has 180 valence electrons. The summed E-state index contributed by atoms with van der Waals surface area (Å²) in [6.07, 6.45) is 1.25. The van der Waals surface area contributed by atoms with E-state index < -0.39 is 0 Å². The molecule has 1 fully saturated rings. The number of carbonyl (C=O) groups is 1. The van der Waals surface area contributed by atoms with Gasteiger partial charge in [-0.05, 0) is 48.4 Å². The third-order valence-corrected chi connectivity index (χ3v) is 6.40. The number of benzene rings is 3. The van der Waals surface area contributed by atoms with Crippen molar-refractivity contribution in [3.63, 3.8) is 0 Å². The van der Waals surface area contributed by atoms with E-state index in [1.807, 2.05) is 71.6 Å². The second-order valence-electron chi connectivity index (χ2n) is 8.61. The normalized spacial score (nSPS) is 15.1. The number of ether oxygens (including phenoxy) is 3. The molecule has 3 aromatic carbocycles. The first-order valence-electron chi connectivity index (χ1n) is 11.8. The summed E-state index contributed by atoms with van der Waals surface area (Å²) >= 11 is 0. The Labute approximate surface area is 205 Å². The summed E-state index contributed by atoms with van der Waals surface area (Å²) < 4.78 is 16.9. The molecule has 0 aliphatic carbocycles. The second kappa shape index (κ2) is 10.1. The van der Waals surface area contributed by atoms with Crippen LogP contribution in [0, 0.1) is 0 Å². The monoisotopic (exact) mass is 471 g/mol. The maximum absolute atomic E-state index is 13.1. The van der Waals surface area contributed by atoms with E-state index in [1.165, 1.54) is 0 Å². The first-order chi connectivity index (χ1) is 17.1. The van der Waals surface area contributed by atoms with Crippen LogP contribution in [0.3, 0.4) is 0 Å². The minimum Gasteiger partial charge on any atom is -0.497 e. The van der Waals surface area contributed by atoms with Crippen molar-refractivity contribution in [1.29, 1.82) is 0 Å². The highest BCUT2D eigenvalue weighted by atomic mass is 16.5. The fraction of sp³-hybridized carbons (Fsp3) is 0.286. The number of fused-ring (bicyclic) bond motifs is 2. The van der Waals surface area contributed by atoms with Crippen molar-refractivity contribution in [1.82, 2.24) is 9.80 Å². The minimum atomic E-state index is 0.138. The van der Waals surface area contributed by atoms with Crippen LogP contribution in [0.4, 0.5) is 5.69 Å². The fourth-order valence-electron chi connectivity index (χ4n) is 4.48. The van der Waals surface area contributed by atoms with Crippen LogP contribution < -0.4 is 14.2 Å². The van der Waals surface area contributed by atoms with Crippen molar-refractivity contribution in [2.24, 2.45) is 4.99 Å². The van der Waals surface area contributed by atoms with E-state index in [1.54, 1.807) is 14.2 Å². The first-order valence-corrected chi connectivity index (χ1v) is 11.8. The standard InChI is InChI=1S/C28H29N3O4/c1-33-21-10-8-20(9-11-21)18-27(32)30-14-5-15-31(17-16-30)28-23-13-12-22(34-2)19-26(23)35-25-7-4-3-6-24(25)29-28/h3-4,6-13,19H,5,14-18H2,1-2H3. The minimum absolute atomic E-state index is 0.138. The molecule has 2 aliphatic rings. The lowest BCUT2D eigenvalue weighted by Gasteiger charge is -2.25. The molecule has 0 atom stereocenters. The van der Waals surface area contributed by atoms with Crippen molar-refractivity contribution in [3.8, 4) is 23.0 Å². The molecule has 1 amide bonds. The van der Waals surface area contributed by atoms with Gasteiger partial charge >= 0.3 is 0 Å². The van der Waals surface area contributed by atoms with Gasteiger partial charge in [-0.25, -0.2) is 4.99 Å². The number of hydrogen-bond donors (Lipinski definition) is 0. The van der Waals surface area contributed by atoms with E-state index in [-0.39, 0.29) is 5.91 Å². The number of methoxy groups -OCH3 is 2.